The first-order valence-corrected chi connectivity index (χ1v) is 4.33. The fourth-order valence-corrected chi connectivity index (χ4v) is 0.702. The van der Waals surface area contributed by atoms with Gasteiger partial charge in [-0.2, -0.15) is 8.78 Å². The van der Waals surface area contributed by atoms with Crippen LogP contribution in [0.1, 0.15) is 13.8 Å². The number of esters is 1. The fourth-order valence-electron chi connectivity index (χ4n) is 0.702. The number of aldehydes is 1. The number of halogens is 2. The molecule has 86 valence electrons. The number of carbonyl (C=O) groups excluding carboxylic acids is 2. The van der Waals surface area contributed by atoms with Gasteiger partial charge in [-0.15, -0.1) is 0 Å². The normalized spacial score (nSPS) is 12.1. The standard InChI is InChI=1S/C9H12F2O4/c1-3-14-5-7(8(13)15-4-2)9(10,11)6-12/h5-6H,3-4H2,1-2H3. The highest BCUT2D eigenvalue weighted by Crippen LogP contribution is 2.22. The molecule has 0 aliphatic carbocycles. The third kappa shape index (κ3) is 4.05. The summed E-state index contributed by atoms with van der Waals surface area (Å²) >= 11 is 0. The van der Waals surface area contributed by atoms with Gasteiger partial charge in [0.25, 0.3) is 0 Å². The third-order valence-corrected chi connectivity index (χ3v) is 1.37. The quantitative estimate of drug-likeness (QED) is 0.294. The van der Waals surface area contributed by atoms with E-state index < -0.39 is 23.8 Å². The van der Waals surface area contributed by atoms with Crippen molar-refractivity contribution >= 4 is 12.3 Å². The lowest BCUT2D eigenvalue weighted by molar-refractivity contribution is -0.145. The molecule has 0 rings (SSSR count). The highest BCUT2D eigenvalue weighted by molar-refractivity contribution is 5.95. The monoisotopic (exact) mass is 222 g/mol. The predicted molar refractivity (Wildman–Crippen MR) is 47.4 cm³/mol. The maximum Gasteiger partial charge on any atom is 0.343 e. The van der Waals surface area contributed by atoms with Gasteiger partial charge in [0, 0.05) is 0 Å². The molecule has 15 heavy (non-hydrogen) atoms. The largest absolute Gasteiger partial charge is 0.501 e. The summed E-state index contributed by atoms with van der Waals surface area (Å²) in [6.45, 7) is 3.07. The lowest BCUT2D eigenvalue weighted by Crippen LogP contribution is -2.28. The summed E-state index contributed by atoms with van der Waals surface area (Å²) in [4.78, 5) is 21.1. The van der Waals surface area contributed by atoms with Gasteiger partial charge < -0.3 is 9.47 Å². The van der Waals surface area contributed by atoms with E-state index in [1.807, 2.05) is 0 Å². The smallest absolute Gasteiger partial charge is 0.343 e. The van der Waals surface area contributed by atoms with Crippen LogP contribution in [-0.2, 0) is 19.1 Å². The first-order valence-electron chi connectivity index (χ1n) is 4.33. The van der Waals surface area contributed by atoms with E-state index in [1.165, 1.54) is 6.92 Å². The zero-order valence-electron chi connectivity index (χ0n) is 8.46. The summed E-state index contributed by atoms with van der Waals surface area (Å²) in [5, 5.41) is 0. The number of alkyl halides is 2. The van der Waals surface area contributed by atoms with Crippen LogP contribution in [-0.4, -0.2) is 31.4 Å². The average Bonchev–Trinajstić information content (AvgIpc) is 2.18. The Balaban J connectivity index is 4.88. The van der Waals surface area contributed by atoms with Crippen LogP contribution in [0, 0.1) is 0 Å². The summed E-state index contributed by atoms with van der Waals surface area (Å²) in [6, 6.07) is 0. The van der Waals surface area contributed by atoms with Gasteiger partial charge >= 0.3 is 11.9 Å². The summed E-state index contributed by atoms with van der Waals surface area (Å²) in [5.41, 5.74) is -1.10. The van der Waals surface area contributed by atoms with Crippen LogP contribution in [0.5, 0.6) is 0 Å². The van der Waals surface area contributed by atoms with Crippen molar-refractivity contribution in [2.75, 3.05) is 13.2 Å². The Kier molecular flexibility index (Phi) is 5.51. The lowest BCUT2D eigenvalue weighted by Gasteiger charge is -2.12. The van der Waals surface area contributed by atoms with Gasteiger partial charge in [0.1, 0.15) is 5.57 Å². The molecule has 0 fully saturated rings. The maximum atomic E-state index is 12.9. The second-order valence-electron chi connectivity index (χ2n) is 2.45. The van der Waals surface area contributed by atoms with Crippen LogP contribution in [0.3, 0.4) is 0 Å². The van der Waals surface area contributed by atoms with Gasteiger partial charge in [0.2, 0.25) is 0 Å². The molecule has 0 aromatic rings. The molecule has 0 aliphatic heterocycles. The molecule has 0 spiro atoms. The van der Waals surface area contributed by atoms with E-state index >= 15 is 0 Å². The molecule has 0 saturated carbocycles. The first kappa shape index (κ1) is 13.5. The third-order valence-electron chi connectivity index (χ3n) is 1.37. The number of carbonyl (C=O) groups is 2. The number of hydrogen-bond acceptors (Lipinski definition) is 4. The Bertz CT molecular complexity index is 261. The summed E-state index contributed by atoms with van der Waals surface area (Å²) < 4.78 is 34.7. The molecule has 0 aliphatic rings. The molecule has 0 radical (unpaired) electrons. The minimum absolute atomic E-state index is 0.0583. The summed E-state index contributed by atoms with van der Waals surface area (Å²) in [7, 11) is 0. The molecule has 0 aromatic heterocycles. The SMILES string of the molecule is CCOC=C(C(=O)OCC)C(F)(F)C=O. The van der Waals surface area contributed by atoms with Crippen molar-refractivity contribution < 1.29 is 27.8 Å². The van der Waals surface area contributed by atoms with Gasteiger partial charge in [-0.3, -0.25) is 4.79 Å². The minimum atomic E-state index is -3.89. The molecular weight excluding hydrogens is 210 g/mol. The van der Waals surface area contributed by atoms with Crippen LogP contribution in [0.15, 0.2) is 11.8 Å². The zero-order valence-corrected chi connectivity index (χ0v) is 8.46. The Morgan fingerprint density at radius 3 is 2.33 bits per heavy atom. The second-order valence-corrected chi connectivity index (χ2v) is 2.45. The summed E-state index contributed by atoms with van der Waals surface area (Å²) in [5.74, 6) is -5.15. The maximum absolute atomic E-state index is 12.9. The predicted octanol–water partition coefficient (Wildman–Crippen LogP) is 1.30. The van der Waals surface area contributed by atoms with Crippen LogP contribution < -0.4 is 0 Å². The molecule has 4 nitrogen and oxygen atoms in total. The Labute approximate surface area is 85.9 Å². The number of ether oxygens (including phenoxy) is 2. The molecule has 0 N–H and O–H groups in total. The van der Waals surface area contributed by atoms with E-state index in [1.54, 1.807) is 6.92 Å². The molecule has 0 amide bonds. The van der Waals surface area contributed by atoms with Crippen molar-refractivity contribution in [3.05, 3.63) is 11.8 Å². The van der Waals surface area contributed by atoms with Crippen molar-refractivity contribution in [1.82, 2.24) is 0 Å². The molecule has 0 atom stereocenters. The molecule has 0 unspecified atom stereocenters. The van der Waals surface area contributed by atoms with Crippen molar-refractivity contribution in [3.63, 3.8) is 0 Å². The highest BCUT2D eigenvalue weighted by atomic mass is 19.3. The minimum Gasteiger partial charge on any atom is -0.501 e. The Hall–Kier alpha value is -1.46. The van der Waals surface area contributed by atoms with Gasteiger partial charge in [-0.25, -0.2) is 4.79 Å². The van der Waals surface area contributed by atoms with Crippen molar-refractivity contribution in [2.45, 2.75) is 19.8 Å². The highest BCUT2D eigenvalue weighted by Gasteiger charge is 2.40. The van der Waals surface area contributed by atoms with Gasteiger partial charge in [-0.1, -0.05) is 0 Å². The van der Waals surface area contributed by atoms with E-state index in [4.69, 9.17) is 0 Å². The van der Waals surface area contributed by atoms with Gasteiger partial charge in [-0.05, 0) is 13.8 Å². The van der Waals surface area contributed by atoms with Crippen LogP contribution >= 0.6 is 0 Å². The van der Waals surface area contributed by atoms with Crippen LogP contribution in [0.2, 0.25) is 0 Å². The molecule has 0 heterocycles. The van der Waals surface area contributed by atoms with E-state index in [0.29, 0.717) is 6.26 Å². The van der Waals surface area contributed by atoms with Gasteiger partial charge in [0.05, 0.1) is 19.5 Å². The van der Waals surface area contributed by atoms with E-state index in [0.717, 1.165) is 0 Å². The molecular formula is C9H12F2O4. The van der Waals surface area contributed by atoms with Gasteiger partial charge in [0.15, 0.2) is 6.29 Å². The van der Waals surface area contributed by atoms with Crippen molar-refractivity contribution in [1.29, 1.82) is 0 Å². The zero-order chi connectivity index (χ0) is 11.9. The number of hydrogen-bond donors (Lipinski definition) is 0. The average molecular weight is 222 g/mol. The van der Waals surface area contributed by atoms with Crippen molar-refractivity contribution in [3.8, 4) is 0 Å². The van der Waals surface area contributed by atoms with E-state index in [2.05, 4.69) is 9.47 Å². The topological polar surface area (TPSA) is 52.6 Å². The van der Waals surface area contributed by atoms with Crippen molar-refractivity contribution in [2.24, 2.45) is 0 Å². The van der Waals surface area contributed by atoms with Crippen LogP contribution in [0.4, 0.5) is 8.78 Å². The molecule has 0 aromatic carbocycles. The first-order chi connectivity index (χ1) is 6.99. The summed E-state index contributed by atoms with van der Waals surface area (Å²) in [6.07, 6.45) is -0.0822. The molecule has 6 heteroatoms. The van der Waals surface area contributed by atoms with E-state index in [9.17, 15) is 18.4 Å². The molecule has 0 bridgehead atoms. The van der Waals surface area contributed by atoms with E-state index in [-0.39, 0.29) is 13.2 Å². The molecule has 0 saturated heterocycles. The fraction of sp³-hybridized carbons (Fsp3) is 0.556. The lowest BCUT2D eigenvalue weighted by atomic mass is 10.1. The van der Waals surface area contributed by atoms with Crippen LogP contribution in [0.25, 0.3) is 0 Å². The number of rotatable bonds is 6. The second kappa shape index (κ2) is 6.10. The Morgan fingerprint density at radius 2 is 1.93 bits per heavy atom. The Morgan fingerprint density at radius 1 is 1.33 bits per heavy atom.